The first-order chi connectivity index (χ1) is 13.5. The Morgan fingerprint density at radius 2 is 1.75 bits per heavy atom. The summed E-state index contributed by atoms with van der Waals surface area (Å²) in [4.78, 5) is 14.1. The molecule has 0 atom stereocenters. The van der Waals surface area contributed by atoms with Gasteiger partial charge in [0.15, 0.2) is 0 Å². The largest absolute Gasteiger partial charge is 0.347 e. The fraction of sp³-hybridized carbons (Fsp3) is 0.174. The van der Waals surface area contributed by atoms with Crippen molar-refractivity contribution in [3.8, 4) is 0 Å². The maximum atomic E-state index is 13.9. The van der Waals surface area contributed by atoms with E-state index in [0.717, 1.165) is 10.2 Å². The molecule has 2 aromatic heterocycles. The SMILES string of the molecule is Cc1cc2c(cc(C(=O)NCc3ccccc3F)n2Cc2ccccc2C)s1. The number of nitrogens with one attached hydrogen (secondary N) is 1. The van der Waals surface area contributed by atoms with Gasteiger partial charge in [0, 0.05) is 23.5 Å². The third-order valence-corrected chi connectivity index (χ3v) is 5.92. The molecule has 142 valence electrons. The van der Waals surface area contributed by atoms with Crippen molar-refractivity contribution in [3.63, 3.8) is 0 Å². The molecule has 0 aliphatic rings. The molecule has 2 heterocycles. The Kier molecular flexibility index (Phi) is 5.01. The van der Waals surface area contributed by atoms with Crippen molar-refractivity contribution >= 4 is 27.5 Å². The third-order valence-electron chi connectivity index (χ3n) is 4.93. The highest BCUT2D eigenvalue weighted by atomic mass is 32.1. The van der Waals surface area contributed by atoms with Crippen LogP contribution in [0.25, 0.3) is 10.2 Å². The first kappa shape index (κ1) is 18.4. The quantitative estimate of drug-likeness (QED) is 0.482. The number of hydrogen-bond donors (Lipinski definition) is 1. The van der Waals surface area contributed by atoms with Gasteiger partial charge in [-0.1, -0.05) is 42.5 Å². The Balaban J connectivity index is 1.66. The molecule has 0 radical (unpaired) electrons. The Labute approximate surface area is 167 Å². The zero-order valence-electron chi connectivity index (χ0n) is 15.8. The summed E-state index contributed by atoms with van der Waals surface area (Å²) < 4.78 is 17.0. The van der Waals surface area contributed by atoms with Gasteiger partial charge in [-0.15, -0.1) is 11.3 Å². The average molecular weight is 392 g/mol. The summed E-state index contributed by atoms with van der Waals surface area (Å²) in [5.41, 5.74) is 4.49. The van der Waals surface area contributed by atoms with Gasteiger partial charge in [-0.25, -0.2) is 4.39 Å². The van der Waals surface area contributed by atoms with Crippen LogP contribution in [0.15, 0.2) is 60.7 Å². The normalized spacial score (nSPS) is 11.1. The Morgan fingerprint density at radius 1 is 1.04 bits per heavy atom. The average Bonchev–Trinajstić information content (AvgIpc) is 3.19. The molecule has 1 amide bonds. The van der Waals surface area contributed by atoms with E-state index in [1.807, 2.05) is 18.2 Å². The van der Waals surface area contributed by atoms with Crippen molar-refractivity contribution in [2.24, 2.45) is 0 Å². The number of halogens is 1. The number of aromatic nitrogens is 1. The van der Waals surface area contributed by atoms with Crippen molar-refractivity contribution in [1.29, 1.82) is 0 Å². The molecule has 4 rings (SSSR count). The number of carbonyl (C=O) groups excluding carboxylic acids is 1. The summed E-state index contributed by atoms with van der Waals surface area (Å²) >= 11 is 1.68. The summed E-state index contributed by atoms with van der Waals surface area (Å²) in [6.45, 7) is 4.93. The van der Waals surface area contributed by atoms with Crippen molar-refractivity contribution < 1.29 is 9.18 Å². The molecule has 0 fully saturated rings. The van der Waals surface area contributed by atoms with Crippen molar-refractivity contribution in [2.45, 2.75) is 26.9 Å². The number of amides is 1. The van der Waals surface area contributed by atoms with Gasteiger partial charge >= 0.3 is 0 Å². The second-order valence-electron chi connectivity index (χ2n) is 6.92. The van der Waals surface area contributed by atoms with Gasteiger partial charge < -0.3 is 9.88 Å². The number of nitrogens with zero attached hydrogens (tertiary/aromatic N) is 1. The number of thiophene rings is 1. The molecular weight excluding hydrogens is 371 g/mol. The van der Waals surface area contributed by atoms with Crippen LogP contribution in [0.4, 0.5) is 4.39 Å². The fourth-order valence-corrected chi connectivity index (χ4v) is 4.35. The van der Waals surface area contributed by atoms with E-state index in [0.29, 0.717) is 17.8 Å². The highest BCUT2D eigenvalue weighted by molar-refractivity contribution is 7.19. The molecule has 5 heteroatoms. The predicted octanol–water partition coefficient (Wildman–Crippen LogP) is 5.44. The van der Waals surface area contributed by atoms with Gasteiger partial charge in [0.1, 0.15) is 11.5 Å². The van der Waals surface area contributed by atoms with E-state index < -0.39 is 0 Å². The van der Waals surface area contributed by atoms with E-state index in [2.05, 4.69) is 41.9 Å². The molecule has 0 unspecified atom stereocenters. The first-order valence-electron chi connectivity index (χ1n) is 9.18. The molecule has 28 heavy (non-hydrogen) atoms. The molecule has 0 spiro atoms. The van der Waals surface area contributed by atoms with Crippen LogP contribution in [-0.2, 0) is 13.1 Å². The van der Waals surface area contributed by atoms with E-state index >= 15 is 0 Å². The van der Waals surface area contributed by atoms with Crippen LogP contribution in [-0.4, -0.2) is 10.5 Å². The first-order valence-corrected chi connectivity index (χ1v) is 10.0. The van der Waals surface area contributed by atoms with Crippen LogP contribution in [0.2, 0.25) is 0 Å². The van der Waals surface area contributed by atoms with Crippen LogP contribution < -0.4 is 5.32 Å². The van der Waals surface area contributed by atoms with Crippen molar-refractivity contribution in [2.75, 3.05) is 0 Å². The highest BCUT2D eigenvalue weighted by Gasteiger charge is 2.18. The number of aryl methyl sites for hydroxylation is 2. The van der Waals surface area contributed by atoms with Gasteiger partial charge in [-0.3, -0.25) is 4.79 Å². The Bertz CT molecular complexity index is 1160. The molecular formula is C23H21FN2OS. The van der Waals surface area contributed by atoms with E-state index in [-0.39, 0.29) is 18.3 Å². The topological polar surface area (TPSA) is 34.0 Å². The highest BCUT2D eigenvalue weighted by Crippen LogP contribution is 2.30. The Hall–Kier alpha value is -2.92. The number of fused-ring (bicyclic) bond motifs is 1. The molecule has 0 aliphatic carbocycles. The summed E-state index contributed by atoms with van der Waals surface area (Å²) in [7, 11) is 0. The number of benzene rings is 2. The van der Waals surface area contributed by atoms with Crippen LogP contribution in [0.3, 0.4) is 0 Å². The predicted molar refractivity (Wildman–Crippen MR) is 112 cm³/mol. The van der Waals surface area contributed by atoms with E-state index in [1.54, 1.807) is 29.5 Å². The maximum Gasteiger partial charge on any atom is 0.268 e. The number of carbonyl (C=O) groups is 1. The summed E-state index contributed by atoms with van der Waals surface area (Å²) in [6, 6.07) is 18.7. The van der Waals surface area contributed by atoms with E-state index in [9.17, 15) is 9.18 Å². The lowest BCUT2D eigenvalue weighted by molar-refractivity contribution is 0.0942. The van der Waals surface area contributed by atoms with Crippen LogP contribution in [0, 0.1) is 19.7 Å². The van der Waals surface area contributed by atoms with E-state index in [4.69, 9.17) is 0 Å². The summed E-state index contributed by atoms with van der Waals surface area (Å²) in [5.74, 6) is -0.507. The summed E-state index contributed by atoms with van der Waals surface area (Å²) in [6.07, 6.45) is 0. The van der Waals surface area contributed by atoms with Gasteiger partial charge in [-0.05, 0) is 43.2 Å². The molecule has 4 aromatic rings. The molecule has 0 bridgehead atoms. The lowest BCUT2D eigenvalue weighted by atomic mass is 10.1. The van der Waals surface area contributed by atoms with Crippen LogP contribution in [0.5, 0.6) is 0 Å². The lowest BCUT2D eigenvalue weighted by Crippen LogP contribution is -2.26. The van der Waals surface area contributed by atoms with Crippen molar-refractivity contribution in [1.82, 2.24) is 9.88 Å². The van der Waals surface area contributed by atoms with E-state index in [1.165, 1.54) is 22.1 Å². The van der Waals surface area contributed by atoms with Gasteiger partial charge in [0.2, 0.25) is 0 Å². The van der Waals surface area contributed by atoms with Crippen molar-refractivity contribution in [3.05, 3.63) is 93.7 Å². The molecule has 0 saturated heterocycles. The third kappa shape index (κ3) is 3.58. The minimum absolute atomic E-state index is 0.160. The number of rotatable bonds is 5. The minimum Gasteiger partial charge on any atom is -0.347 e. The zero-order valence-corrected chi connectivity index (χ0v) is 16.6. The molecule has 0 aliphatic heterocycles. The van der Waals surface area contributed by atoms with Crippen LogP contribution in [0.1, 0.15) is 32.1 Å². The second-order valence-corrected chi connectivity index (χ2v) is 8.21. The molecule has 0 saturated carbocycles. The molecule has 3 nitrogen and oxygen atoms in total. The second kappa shape index (κ2) is 7.60. The van der Waals surface area contributed by atoms with Gasteiger partial charge in [0.05, 0.1) is 10.2 Å². The van der Waals surface area contributed by atoms with Gasteiger partial charge in [-0.2, -0.15) is 0 Å². The maximum absolute atomic E-state index is 13.9. The molecule has 1 N–H and O–H groups in total. The monoisotopic (exact) mass is 392 g/mol. The van der Waals surface area contributed by atoms with Gasteiger partial charge in [0.25, 0.3) is 5.91 Å². The molecule has 2 aromatic carbocycles. The lowest BCUT2D eigenvalue weighted by Gasteiger charge is -2.13. The minimum atomic E-state index is -0.310. The fourth-order valence-electron chi connectivity index (χ4n) is 3.39. The number of hydrogen-bond acceptors (Lipinski definition) is 2. The standard InChI is InChI=1S/C23H21FN2OS/c1-15-7-3-4-9-18(15)14-26-20-11-16(2)28-22(20)12-21(26)23(27)25-13-17-8-5-6-10-19(17)24/h3-12H,13-14H2,1-2H3,(H,25,27). The summed E-state index contributed by atoms with van der Waals surface area (Å²) in [5, 5.41) is 2.87. The van der Waals surface area contributed by atoms with Crippen LogP contribution >= 0.6 is 11.3 Å². The Morgan fingerprint density at radius 3 is 2.50 bits per heavy atom. The smallest absolute Gasteiger partial charge is 0.268 e. The zero-order chi connectivity index (χ0) is 19.7.